The molecule has 0 radical (unpaired) electrons. The first kappa shape index (κ1) is 19.7. The molecule has 0 saturated carbocycles. The highest BCUT2D eigenvalue weighted by atomic mass is 16.6. The van der Waals surface area contributed by atoms with Gasteiger partial charge in [0.05, 0.1) is 13.2 Å². The molecule has 4 amide bonds. The summed E-state index contributed by atoms with van der Waals surface area (Å²) in [6.45, 7) is 8.21. The smallest absolute Gasteiger partial charge is 0.409 e. The van der Waals surface area contributed by atoms with Gasteiger partial charge in [0, 0.05) is 31.9 Å². The molecular weight excluding hydrogens is 336 g/mol. The van der Waals surface area contributed by atoms with Crippen molar-refractivity contribution in [1.29, 1.82) is 0 Å². The largest absolute Gasteiger partial charge is 0.450 e. The van der Waals surface area contributed by atoms with Crippen LogP contribution in [0.2, 0.25) is 0 Å². The van der Waals surface area contributed by atoms with Crippen molar-refractivity contribution >= 4 is 23.7 Å². The first-order valence-corrected chi connectivity index (χ1v) is 8.71. The molecule has 8 nitrogen and oxygen atoms in total. The van der Waals surface area contributed by atoms with E-state index in [9.17, 15) is 14.4 Å². The summed E-state index contributed by atoms with van der Waals surface area (Å²) in [7, 11) is 0. The predicted octanol–water partition coefficient (Wildman–Crippen LogP) is 1.73. The van der Waals surface area contributed by atoms with Gasteiger partial charge in [-0.1, -0.05) is 17.7 Å². The lowest BCUT2D eigenvalue weighted by atomic mass is 10.1. The number of nitrogens with one attached hydrogen (secondary N) is 2. The van der Waals surface area contributed by atoms with Gasteiger partial charge in [0.25, 0.3) is 0 Å². The lowest BCUT2D eigenvalue weighted by molar-refractivity contribution is -0.121. The lowest BCUT2D eigenvalue weighted by Crippen LogP contribution is -2.51. The van der Waals surface area contributed by atoms with Crippen molar-refractivity contribution in [2.24, 2.45) is 0 Å². The summed E-state index contributed by atoms with van der Waals surface area (Å²) in [4.78, 5) is 39.2. The van der Waals surface area contributed by atoms with Gasteiger partial charge >= 0.3 is 12.1 Å². The summed E-state index contributed by atoms with van der Waals surface area (Å²) in [5, 5.41) is 5.02. The van der Waals surface area contributed by atoms with Crippen LogP contribution >= 0.6 is 0 Å². The average molecular weight is 362 g/mol. The number of ether oxygens (including phenoxy) is 1. The second kappa shape index (κ2) is 9.19. The van der Waals surface area contributed by atoms with Gasteiger partial charge in [0.1, 0.15) is 0 Å². The molecule has 8 heteroatoms. The van der Waals surface area contributed by atoms with E-state index in [2.05, 4.69) is 10.6 Å². The third kappa shape index (κ3) is 5.73. The number of carbonyl (C=O) groups is 3. The number of amides is 4. The molecule has 0 aliphatic carbocycles. The first-order valence-electron chi connectivity index (χ1n) is 8.71. The number of anilines is 1. The average Bonchev–Trinajstić information content (AvgIpc) is 2.58. The molecule has 1 aromatic rings. The summed E-state index contributed by atoms with van der Waals surface area (Å²) in [5.41, 5.74) is 2.71. The standard InChI is InChI=1S/C18H26N4O4/c1-4-26-18(25)22-9-7-21(8-10-22)12-16(23)20-17(24)19-15-6-5-13(2)11-14(15)3/h5-6,11H,4,7-10,12H2,1-3H3,(H2,19,20,23,24). The van der Waals surface area contributed by atoms with Gasteiger partial charge in [0.15, 0.2) is 0 Å². The van der Waals surface area contributed by atoms with Crippen LogP contribution in [0.25, 0.3) is 0 Å². The molecule has 1 aromatic carbocycles. The highest BCUT2D eigenvalue weighted by Gasteiger charge is 2.23. The molecule has 2 rings (SSSR count). The van der Waals surface area contributed by atoms with E-state index in [4.69, 9.17) is 4.74 Å². The Balaban J connectivity index is 1.75. The monoisotopic (exact) mass is 362 g/mol. The number of aryl methyl sites for hydroxylation is 2. The van der Waals surface area contributed by atoms with Crippen LogP contribution in [0.3, 0.4) is 0 Å². The van der Waals surface area contributed by atoms with Crippen molar-refractivity contribution < 1.29 is 19.1 Å². The molecule has 2 N–H and O–H groups in total. The van der Waals surface area contributed by atoms with Gasteiger partial charge in [0.2, 0.25) is 5.91 Å². The van der Waals surface area contributed by atoms with Crippen LogP contribution in [0.4, 0.5) is 15.3 Å². The zero-order valence-corrected chi connectivity index (χ0v) is 15.5. The molecular formula is C18H26N4O4. The van der Waals surface area contributed by atoms with Crippen molar-refractivity contribution in [3.05, 3.63) is 29.3 Å². The van der Waals surface area contributed by atoms with Crippen LogP contribution in [-0.4, -0.2) is 67.2 Å². The third-order valence-electron chi connectivity index (χ3n) is 4.15. The van der Waals surface area contributed by atoms with Gasteiger partial charge in [-0.25, -0.2) is 9.59 Å². The molecule has 0 atom stereocenters. The predicted molar refractivity (Wildman–Crippen MR) is 98.1 cm³/mol. The van der Waals surface area contributed by atoms with Crippen molar-refractivity contribution in [2.45, 2.75) is 20.8 Å². The van der Waals surface area contributed by atoms with Crippen LogP contribution in [-0.2, 0) is 9.53 Å². The van der Waals surface area contributed by atoms with E-state index in [1.807, 2.05) is 36.9 Å². The maximum Gasteiger partial charge on any atom is 0.409 e. The van der Waals surface area contributed by atoms with Gasteiger partial charge in [-0.15, -0.1) is 0 Å². The molecule has 0 spiro atoms. The van der Waals surface area contributed by atoms with E-state index < -0.39 is 6.03 Å². The van der Waals surface area contributed by atoms with E-state index in [1.165, 1.54) is 0 Å². The molecule has 1 aliphatic rings. The second-order valence-corrected chi connectivity index (χ2v) is 6.28. The van der Waals surface area contributed by atoms with Gasteiger partial charge in [-0.05, 0) is 32.4 Å². The molecule has 1 fully saturated rings. The van der Waals surface area contributed by atoms with Gasteiger partial charge in [-0.2, -0.15) is 0 Å². The SMILES string of the molecule is CCOC(=O)N1CCN(CC(=O)NC(=O)Nc2ccc(C)cc2C)CC1. The number of imide groups is 1. The molecule has 142 valence electrons. The number of rotatable bonds is 4. The van der Waals surface area contributed by atoms with E-state index in [1.54, 1.807) is 11.8 Å². The summed E-state index contributed by atoms with van der Waals surface area (Å²) < 4.78 is 4.96. The quantitative estimate of drug-likeness (QED) is 0.851. The van der Waals surface area contributed by atoms with E-state index in [-0.39, 0.29) is 18.5 Å². The number of urea groups is 1. The molecule has 0 bridgehead atoms. The van der Waals surface area contributed by atoms with Crippen LogP contribution in [0.5, 0.6) is 0 Å². The fraction of sp³-hybridized carbons (Fsp3) is 0.500. The van der Waals surface area contributed by atoms with Gasteiger partial charge < -0.3 is 15.0 Å². The van der Waals surface area contributed by atoms with Crippen LogP contribution in [0, 0.1) is 13.8 Å². The number of hydrogen-bond donors (Lipinski definition) is 2. The molecule has 1 saturated heterocycles. The summed E-state index contributed by atoms with van der Waals surface area (Å²) >= 11 is 0. The van der Waals surface area contributed by atoms with E-state index in [0.29, 0.717) is 38.5 Å². The van der Waals surface area contributed by atoms with Crippen molar-refractivity contribution in [2.75, 3.05) is 44.6 Å². The molecule has 1 aliphatic heterocycles. The van der Waals surface area contributed by atoms with Crippen molar-refractivity contribution in [3.8, 4) is 0 Å². The van der Waals surface area contributed by atoms with Gasteiger partial charge in [-0.3, -0.25) is 15.0 Å². The number of hydrogen-bond acceptors (Lipinski definition) is 5. The first-order chi connectivity index (χ1) is 12.4. The topological polar surface area (TPSA) is 91.0 Å². The highest BCUT2D eigenvalue weighted by molar-refractivity contribution is 6.02. The summed E-state index contributed by atoms with van der Waals surface area (Å²) in [6, 6.07) is 5.11. The Hall–Kier alpha value is -2.61. The molecule has 0 unspecified atom stereocenters. The fourth-order valence-corrected chi connectivity index (χ4v) is 2.78. The Bertz CT molecular complexity index is 669. The van der Waals surface area contributed by atoms with Crippen molar-refractivity contribution in [3.63, 3.8) is 0 Å². The maximum atomic E-state index is 12.0. The molecule has 26 heavy (non-hydrogen) atoms. The second-order valence-electron chi connectivity index (χ2n) is 6.28. The van der Waals surface area contributed by atoms with E-state index in [0.717, 1.165) is 11.1 Å². The minimum atomic E-state index is -0.549. The summed E-state index contributed by atoms with van der Waals surface area (Å²) in [5.74, 6) is -0.378. The van der Waals surface area contributed by atoms with Crippen molar-refractivity contribution in [1.82, 2.24) is 15.1 Å². The Labute approximate surface area is 153 Å². The minimum Gasteiger partial charge on any atom is -0.450 e. The Morgan fingerprint density at radius 1 is 1.12 bits per heavy atom. The number of nitrogens with zero attached hydrogens (tertiary/aromatic N) is 2. The Kier molecular flexibility index (Phi) is 6.97. The van der Waals surface area contributed by atoms with Crippen LogP contribution in [0.15, 0.2) is 18.2 Å². The van der Waals surface area contributed by atoms with E-state index >= 15 is 0 Å². The highest BCUT2D eigenvalue weighted by Crippen LogP contribution is 2.15. The minimum absolute atomic E-state index is 0.108. The Morgan fingerprint density at radius 3 is 2.42 bits per heavy atom. The third-order valence-corrected chi connectivity index (χ3v) is 4.15. The van der Waals surface area contributed by atoms with Crippen LogP contribution < -0.4 is 10.6 Å². The number of piperazine rings is 1. The normalized spacial score (nSPS) is 14.7. The number of carbonyl (C=O) groups excluding carboxylic acids is 3. The maximum absolute atomic E-state index is 12.0. The zero-order valence-electron chi connectivity index (χ0n) is 15.5. The summed E-state index contributed by atoms with van der Waals surface area (Å²) in [6.07, 6.45) is -0.329. The molecule has 0 aromatic heterocycles. The zero-order chi connectivity index (χ0) is 19.1. The fourth-order valence-electron chi connectivity index (χ4n) is 2.78. The number of benzene rings is 1. The van der Waals surface area contributed by atoms with Crippen LogP contribution in [0.1, 0.15) is 18.1 Å². The lowest BCUT2D eigenvalue weighted by Gasteiger charge is -2.33. The Morgan fingerprint density at radius 2 is 1.81 bits per heavy atom. The molecule has 1 heterocycles.